The molecule has 35 heavy (non-hydrogen) atoms. The van der Waals surface area contributed by atoms with Crippen LogP contribution in [-0.4, -0.2) is 53.7 Å². The van der Waals surface area contributed by atoms with E-state index in [1.807, 2.05) is 47.9 Å². The monoisotopic (exact) mass is 489 g/mol. The molecule has 5 rings (SSSR count). The molecule has 0 bridgehead atoms. The number of fused-ring (bicyclic) bond motifs is 1. The molecule has 1 aliphatic rings. The number of sulfonamides is 1. The van der Waals surface area contributed by atoms with Gasteiger partial charge < -0.3 is 10.6 Å². The van der Waals surface area contributed by atoms with Crippen molar-refractivity contribution in [2.24, 2.45) is 0 Å². The van der Waals surface area contributed by atoms with E-state index in [0.717, 1.165) is 21.3 Å². The van der Waals surface area contributed by atoms with Gasteiger partial charge in [0.15, 0.2) is 0 Å². The van der Waals surface area contributed by atoms with Crippen molar-refractivity contribution in [2.75, 3.05) is 25.0 Å². The van der Waals surface area contributed by atoms with Crippen LogP contribution in [0, 0.1) is 6.92 Å². The summed E-state index contributed by atoms with van der Waals surface area (Å²) in [6, 6.07) is 21.1. The number of aromatic nitrogens is 2. The van der Waals surface area contributed by atoms with Crippen molar-refractivity contribution in [3.63, 3.8) is 0 Å². The third kappa shape index (κ3) is 4.41. The number of imidazole rings is 1. The van der Waals surface area contributed by atoms with E-state index < -0.39 is 10.0 Å². The number of amides is 2. The molecule has 4 aromatic rings. The molecule has 0 atom stereocenters. The fourth-order valence-corrected chi connectivity index (χ4v) is 5.60. The molecular formula is C25H23N5O4S. The Morgan fingerprint density at radius 1 is 1.03 bits per heavy atom. The Kier molecular flexibility index (Phi) is 5.83. The highest BCUT2D eigenvalue weighted by Crippen LogP contribution is 2.24. The van der Waals surface area contributed by atoms with Gasteiger partial charge in [0.1, 0.15) is 5.82 Å². The number of nitrogens with one attached hydrogen (secondary N) is 2. The number of para-hydroxylation sites is 1. The highest BCUT2D eigenvalue weighted by Gasteiger charge is 2.29. The number of aryl methyl sites for hydroxylation is 1. The first-order valence-corrected chi connectivity index (χ1v) is 12.5. The molecule has 1 aliphatic heterocycles. The zero-order chi connectivity index (χ0) is 24.6. The molecule has 1 aromatic heterocycles. The summed E-state index contributed by atoms with van der Waals surface area (Å²) in [6.07, 6.45) is 0. The van der Waals surface area contributed by atoms with E-state index in [2.05, 4.69) is 15.6 Å². The van der Waals surface area contributed by atoms with E-state index in [1.54, 1.807) is 24.3 Å². The van der Waals surface area contributed by atoms with Gasteiger partial charge in [0.05, 0.1) is 22.5 Å². The van der Waals surface area contributed by atoms with Gasteiger partial charge in [-0.25, -0.2) is 13.4 Å². The first-order valence-electron chi connectivity index (χ1n) is 11.1. The van der Waals surface area contributed by atoms with E-state index in [1.165, 1.54) is 12.1 Å². The molecule has 0 radical (unpaired) electrons. The fourth-order valence-electron chi connectivity index (χ4n) is 4.15. The zero-order valence-electron chi connectivity index (χ0n) is 18.9. The van der Waals surface area contributed by atoms with Crippen molar-refractivity contribution in [1.82, 2.24) is 19.2 Å². The van der Waals surface area contributed by atoms with Crippen molar-refractivity contribution >= 4 is 38.6 Å². The van der Waals surface area contributed by atoms with E-state index >= 15 is 0 Å². The summed E-state index contributed by atoms with van der Waals surface area (Å²) < 4.78 is 29.1. The average molecular weight is 490 g/mol. The van der Waals surface area contributed by atoms with Gasteiger partial charge in [-0.3, -0.25) is 14.2 Å². The smallest absolute Gasteiger partial charge is 0.255 e. The van der Waals surface area contributed by atoms with E-state index in [9.17, 15) is 18.0 Å². The molecule has 0 unspecified atom stereocenters. The summed E-state index contributed by atoms with van der Waals surface area (Å²) in [5.74, 6) is 0.0726. The normalized spacial score (nSPS) is 14.6. The number of carbonyl (C=O) groups excluding carboxylic acids is 2. The summed E-state index contributed by atoms with van der Waals surface area (Å²) in [4.78, 5) is 29.2. The van der Waals surface area contributed by atoms with Crippen LogP contribution < -0.4 is 10.6 Å². The lowest BCUT2D eigenvalue weighted by Crippen LogP contribution is -2.49. The third-order valence-electron chi connectivity index (χ3n) is 5.83. The molecular weight excluding hydrogens is 466 g/mol. The average Bonchev–Trinajstić information content (AvgIpc) is 3.19. The number of anilines is 1. The lowest BCUT2D eigenvalue weighted by Gasteiger charge is -2.26. The highest BCUT2D eigenvalue weighted by molar-refractivity contribution is 7.89. The Balaban J connectivity index is 1.39. The largest absolute Gasteiger partial charge is 0.354 e. The maximum Gasteiger partial charge on any atom is 0.255 e. The maximum absolute atomic E-state index is 13.0. The molecule has 2 heterocycles. The zero-order valence-corrected chi connectivity index (χ0v) is 19.7. The number of benzene rings is 3. The Morgan fingerprint density at radius 3 is 2.60 bits per heavy atom. The predicted molar refractivity (Wildman–Crippen MR) is 132 cm³/mol. The Labute approximate surface area is 202 Å². The van der Waals surface area contributed by atoms with E-state index in [-0.39, 0.29) is 36.3 Å². The summed E-state index contributed by atoms with van der Waals surface area (Å²) in [7, 11) is -3.87. The van der Waals surface area contributed by atoms with Crippen molar-refractivity contribution in [3.8, 4) is 5.69 Å². The number of nitrogens with zero attached hydrogens (tertiary/aromatic N) is 3. The summed E-state index contributed by atoms with van der Waals surface area (Å²) in [6.45, 7) is 2.13. The summed E-state index contributed by atoms with van der Waals surface area (Å²) in [5.41, 5.74) is 3.27. The fraction of sp³-hybridized carbons (Fsp3) is 0.160. The number of rotatable bonds is 5. The Bertz CT molecular complexity index is 1550. The quantitative estimate of drug-likeness (QED) is 0.448. The molecule has 10 heteroatoms. The Hall–Kier alpha value is -4.02. The van der Waals surface area contributed by atoms with Crippen molar-refractivity contribution in [3.05, 3.63) is 84.2 Å². The van der Waals surface area contributed by atoms with Gasteiger partial charge in [0, 0.05) is 30.0 Å². The first kappa shape index (κ1) is 22.8. The second-order valence-corrected chi connectivity index (χ2v) is 10.1. The standard InChI is InChI=1S/C25H23N5O4S/c1-17-27-22-14-18(10-11-23(22)30(17)20-7-3-2-4-8-20)25(32)28-19-6-5-9-21(15-19)35(33,34)29-13-12-26-24(31)16-29/h2-11,14-15H,12-13,16H2,1H3,(H,26,31)(H,28,32). The lowest BCUT2D eigenvalue weighted by molar-refractivity contribution is -0.122. The van der Waals surface area contributed by atoms with Crippen molar-refractivity contribution in [2.45, 2.75) is 11.8 Å². The lowest BCUT2D eigenvalue weighted by atomic mass is 10.1. The minimum absolute atomic E-state index is 0.0117. The predicted octanol–water partition coefficient (Wildman–Crippen LogP) is 2.71. The molecule has 2 amide bonds. The van der Waals surface area contributed by atoms with Gasteiger partial charge in [-0.15, -0.1) is 0 Å². The molecule has 3 aromatic carbocycles. The SMILES string of the molecule is Cc1nc2cc(C(=O)Nc3cccc(S(=O)(=O)N4CCNC(=O)C4)c3)ccc2n1-c1ccccc1. The van der Waals surface area contributed by atoms with Crippen molar-refractivity contribution in [1.29, 1.82) is 0 Å². The molecule has 2 N–H and O–H groups in total. The van der Waals surface area contributed by atoms with Crippen LogP contribution in [0.3, 0.4) is 0 Å². The minimum atomic E-state index is -3.87. The molecule has 1 saturated heterocycles. The Morgan fingerprint density at radius 2 is 1.83 bits per heavy atom. The van der Waals surface area contributed by atoms with Gasteiger partial charge in [-0.1, -0.05) is 24.3 Å². The van der Waals surface area contributed by atoms with E-state index in [4.69, 9.17) is 0 Å². The van der Waals surface area contributed by atoms with Crippen LogP contribution in [0.4, 0.5) is 5.69 Å². The summed E-state index contributed by atoms with van der Waals surface area (Å²) >= 11 is 0. The molecule has 9 nitrogen and oxygen atoms in total. The molecule has 0 aliphatic carbocycles. The topological polar surface area (TPSA) is 113 Å². The third-order valence-corrected chi connectivity index (χ3v) is 7.67. The molecule has 0 spiro atoms. The second kappa shape index (κ2) is 8.97. The minimum Gasteiger partial charge on any atom is -0.354 e. The van der Waals surface area contributed by atoms with Crippen LogP contribution in [0.15, 0.2) is 77.7 Å². The van der Waals surface area contributed by atoms with Gasteiger partial charge in [-0.2, -0.15) is 4.31 Å². The molecule has 1 fully saturated rings. The maximum atomic E-state index is 13.0. The van der Waals surface area contributed by atoms with Crippen LogP contribution in [-0.2, 0) is 14.8 Å². The molecule has 178 valence electrons. The highest BCUT2D eigenvalue weighted by atomic mass is 32.2. The van der Waals surface area contributed by atoms with Crippen LogP contribution in [0.1, 0.15) is 16.2 Å². The van der Waals surface area contributed by atoms with Crippen LogP contribution in [0.25, 0.3) is 16.7 Å². The number of hydrogen-bond acceptors (Lipinski definition) is 5. The molecule has 0 saturated carbocycles. The van der Waals surface area contributed by atoms with E-state index in [0.29, 0.717) is 16.8 Å². The second-order valence-electron chi connectivity index (χ2n) is 8.20. The van der Waals surface area contributed by atoms with Crippen LogP contribution >= 0.6 is 0 Å². The summed E-state index contributed by atoms with van der Waals surface area (Å²) in [5, 5.41) is 5.37. The van der Waals surface area contributed by atoms with Gasteiger partial charge in [0.2, 0.25) is 15.9 Å². The van der Waals surface area contributed by atoms with Crippen LogP contribution in [0.5, 0.6) is 0 Å². The van der Waals surface area contributed by atoms with Crippen LogP contribution in [0.2, 0.25) is 0 Å². The number of hydrogen-bond donors (Lipinski definition) is 2. The number of carbonyl (C=O) groups is 2. The first-order chi connectivity index (χ1) is 16.8. The number of piperazine rings is 1. The van der Waals surface area contributed by atoms with Gasteiger partial charge in [-0.05, 0) is 55.5 Å². The van der Waals surface area contributed by atoms with Gasteiger partial charge >= 0.3 is 0 Å². The van der Waals surface area contributed by atoms with Gasteiger partial charge in [0.25, 0.3) is 5.91 Å². The van der Waals surface area contributed by atoms with Crippen molar-refractivity contribution < 1.29 is 18.0 Å².